The van der Waals surface area contributed by atoms with Gasteiger partial charge in [-0.15, -0.1) is 0 Å². The number of fused-ring (bicyclic) bond motifs is 1. The van der Waals surface area contributed by atoms with Gasteiger partial charge in [-0.05, 0) is 41.5 Å². The van der Waals surface area contributed by atoms with E-state index in [9.17, 15) is 18.6 Å². The molecule has 3 aromatic carbocycles. The Kier molecular flexibility index (Phi) is 3.85. The molecular weight excluding hydrogens is 326 g/mol. The van der Waals surface area contributed by atoms with Crippen molar-refractivity contribution in [2.24, 2.45) is 0 Å². The second kappa shape index (κ2) is 5.72. The highest BCUT2D eigenvalue weighted by Gasteiger charge is 2.16. The highest BCUT2D eigenvalue weighted by atomic mass is 32.2. The van der Waals surface area contributed by atoms with Crippen LogP contribution < -0.4 is 4.72 Å². The zero-order valence-electron chi connectivity index (χ0n) is 13.2. The minimum atomic E-state index is -3.46. The number of hydrogen-bond donors (Lipinski definition) is 3. The van der Waals surface area contributed by atoms with E-state index in [0.717, 1.165) is 17.0 Å². The summed E-state index contributed by atoms with van der Waals surface area (Å²) in [4.78, 5) is 0. The molecule has 0 saturated carbocycles. The van der Waals surface area contributed by atoms with Gasteiger partial charge in [-0.25, -0.2) is 8.42 Å². The monoisotopic (exact) mass is 343 g/mol. The molecule has 3 rings (SSSR count). The molecular formula is C18H17NO4S. The normalized spacial score (nSPS) is 11.6. The van der Waals surface area contributed by atoms with Crippen LogP contribution in [0, 0.1) is 6.92 Å². The summed E-state index contributed by atoms with van der Waals surface area (Å²) < 4.78 is 25.5. The first-order valence-electron chi connectivity index (χ1n) is 7.29. The number of benzene rings is 3. The lowest BCUT2D eigenvalue weighted by atomic mass is 9.95. The van der Waals surface area contributed by atoms with Crippen molar-refractivity contribution in [1.82, 2.24) is 0 Å². The SMILES string of the molecule is Cc1cc(O)c(-c2c(O)ccc3ccccc23)cc1NS(C)(=O)=O. The fourth-order valence-electron chi connectivity index (χ4n) is 2.75. The van der Waals surface area contributed by atoms with Crippen molar-refractivity contribution in [3.63, 3.8) is 0 Å². The summed E-state index contributed by atoms with van der Waals surface area (Å²) >= 11 is 0. The van der Waals surface area contributed by atoms with Crippen LogP contribution in [0.5, 0.6) is 11.5 Å². The van der Waals surface area contributed by atoms with Crippen LogP contribution in [0.4, 0.5) is 5.69 Å². The van der Waals surface area contributed by atoms with E-state index < -0.39 is 10.0 Å². The van der Waals surface area contributed by atoms with Gasteiger partial charge < -0.3 is 10.2 Å². The van der Waals surface area contributed by atoms with Gasteiger partial charge in [-0.1, -0.05) is 30.3 Å². The largest absolute Gasteiger partial charge is 0.507 e. The summed E-state index contributed by atoms with van der Waals surface area (Å²) in [5.74, 6) is -0.0173. The molecule has 3 N–H and O–H groups in total. The minimum Gasteiger partial charge on any atom is -0.507 e. The third-order valence-electron chi connectivity index (χ3n) is 3.81. The Morgan fingerprint density at radius 1 is 0.958 bits per heavy atom. The van der Waals surface area contributed by atoms with Crippen molar-refractivity contribution in [3.8, 4) is 22.6 Å². The van der Waals surface area contributed by atoms with Gasteiger partial charge in [0.1, 0.15) is 11.5 Å². The van der Waals surface area contributed by atoms with Gasteiger partial charge in [0, 0.05) is 11.1 Å². The zero-order valence-corrected chi connectivity index (χ0v) is 14.1. The maximum absolute atomic E-state index is 11.5. The van der Waals surface area contributed by atoms with Crippen LogP contribution in [0.2, 0.25) is 0 Å². The molecule has 0 saturated heterocycles. The molecule has 0 amide bonds. The van der Waals surface area contributed by atoms with E-state index in [1.807, 2.05) is 24.3 Å². The van der Waals surface area contributed by atoms with E-state index in [-0.39, 0.29) is 11.5 Å². The number of rotatable bonds is 3. The molecule has 24 heavy (non-hydrogen) atoms. The van der Waals surface area contributed by atoms with Crippen LogP contribution in [0.3, 0.4) is 0 Å². The molecule has 0 aliphatic rings. The molecule has 0 heterocycles. The van der Waals surface area contributed by atoms with Gasteiger partial charge in [-0.2, -0.15) is 0 Å². The summed E-state index contributed by atoms with van der Waals surface area (Å²) in [6, 6.07) is 13.8. The van der Waals surface area contributed by atoms with E-state index in [2.05, 4.69) is 4.72 Å². The Hall–Kier alpha value is -2.73. The van der Waals surface area contributed by atoms with Crippen molar-refractivity contribution >= 4 is 26.5 Å². The van der Waals surface area contributed by atoms with Crippen LogP contribution >= 0.6 is 0 Å². The molecule has 0 unspecified atom stereocenters. The van der Waals surface area contributed by atoms with E-state index in [0.29, 0.717) is 22.4 Å². The van der Waals surface area contributed by atoms with Gasteiger partial charge in [0.25, 0.3) is 0 Å². The zero-order chi connectivity index (χ0) is 17.5. The summed E-state index contributed by atoms with van der Waals surface area (Å²) in [5.41, 5.74) is 1.77. The topological polar surface area (TPSA) is 86.6 Å². The van der Waals surface area contributed by atoms with E-state index in [1.54, 1.807) is 19.1 Å². The first-order valence-corrected chi connectivity index (χ1v) is 9.18. The van der Waals surface area contributed by atoms with Crippen molar-refractivity contribution in [1.29, 1.82) is 0 Å². The average Bonchev–Trinajstić information content (AvgIpc) is 2.49. The van der Waals surface area contributed by atoms with Crippen LogP contribution in [0.1, 0.15) is 5.56 Å². The molecule has 3 aromatic rings. The predicted molar refractivity (Wildman–Crippen MR) is 95.9 cm³/mol. The van der Waals surface area contributed by atoms with Crippen molar-refractivity contribution in [2.45, 2.75) is 6.92 Å². The number of phenols is 2. The second-order valence-electron chi connectivity index (χ2n) is 5.74. The summed E-state index contributed by atoms with van der Waals surface area (Å²) in [5, 5.41) is 22.4. The molecule has 0 fully saturated rings. The lowest BCUT2D eigenvalue weighted by Gasteiger charge is -2.15. The lowest BCUT2D eigenvalue weighted by molar-refractivity contribution is 0.469. The molecule has 5 nitrogen and oxygen atoms in total. The van der Waals surface area contributed by atoms with Gasteiger partial charge in [0.05, 0.1) is 11.9 Å². The van der Waals surface area contributed by atoms with Crippen LogP contribution in [0.15, 0.2) is 48.5 Å². The van der Waals surface area contributed by atoms with Gasteiger partial charge in [0.2, 0.25) is 10.0 Å². The maximum Gasteiger partial charge on any atom is 0.229 e. The summed E-state index contributed by atoms with van der Waals surface area (Å²) in [7, 11) is -3.46. The number of sulfonamides is 1. The van der Waals surface area contributed by atoms with E-state index in [1.165, 1.54) is 12.1 Å². The Morgan fingerprint density at radius 2 is 1.67 bits per heavy atom. The first kappa shape index (κ1) is 16.1. The van der Waals surface area contributed by atoms with Gasteiger partial charge in [-0.3, -0.25) is 4.72 Å². The molecule has 0 atom stereocenters. The standard InChI is InChI=1S/C18H17NO4S/c1-11-9-17(21)14(10-15(11)19-24(2,22)23)18-13-6-4-3-5-12(13)7-8-16(18)20/h3-10,19-21H,1-2H3. The Bertz CT molecular complexity index is 1040. The molecule has 0 spiro atoms. The summed E-state index contributed by atoms with van der Waals surface area (Å²) in [6.45, 7) is 1.69. The third kappa shape index (κ3) is 3.00. The van der Waals surface area contributed by atoms with Crippen LogP contribution in [0.25, 0.3) is 21.9 Å². The van der Waals surface area contributed by atoms with Crippen molar-refractivity contribution in [3.05, 3.63) is 54.1 Å². The van der Waals surface area contributed by atoms with Crippen molar-refractivity contribution in [2.75, 3.05) is 11.0 Å². The predicted octanol–water partition coefficient (Wildman–Crippen LogP) is 3.60. The van der Waals surface area contributed by atoms with E-state index in [4.69, 9.17) is 0 Å². The number of phenolic OH excluding ortho intramolecular Hbond substituents is 2. The molecule has 124 valence electrons. The number of aryl methyl sites for hydroxylation is 1. The Morgan fingerprint density at radius 3 is 2.38 bits per heavy atom. The fraction of sp³-hybridized carbons (Fsp3) is 0.111. The quantitative estimate of drug-likeness (QED) is 0.634. The summed E-state index contributed by atoms with van der Waals surface area (Å²) in [6.07, 6.45) is 1.06. The second-order valence-corrected chi connectivity index (χ2v) is 7.49. The molecule has 0 aliphatic heterocycles. The van der Waals surface area contributed by atoms with Crippen molar-refractivity contribution < 1.29 is 18.6 Å². The fourth-order valence-corrected chi connectivity index (χ4v) is 3.37. The Labute approximate surface area is 140 Å². The first-order chi connectivity index (χ1) is 11.3. The van der Waals surface area contributed by atoms with Crippen LogP contribution in [-0.4, -0.2) is 24.9 Å². The molecule has 0 aliphatic carbocycles. The molecule has 0 bridgehead atoms. The van der Waals surface area contributed by atoms with Gasteiger partial charge >= 0.3 is 0 Å². The number of anilines is 1. The molecule has 6 heteroatoms. The number of hydrogen-bond acceptors (Lipinski definition) is 4. The third-order valence-corrected chi connectivity index (χ3v) is 4.41. The average molecular weight is 343 g/mol. The van der Waals surface area contributed by atoms with Gasteiger partial charge in [0.15, 0.2) is 0 Å². The Balaban J connectivity index is 2.31. The number of nitrogens with one attached hydrogen (secondary N) is 1. The molecule has 0 radical (unpaired) electrons. The maximum atomic E-state index is 11.5. The smallest absolute Gasteiger partial charge is 0.229 e. The highest BCUT2D eigenvalue weighted by Crippen LogP contribution is 2.42. The minimum absolute atomic E-state index is 0.0122. The molecule has 0 aromatic heterocycles. The van der Waals surface area contributed by atoms with Crippen LogP contribution in [-0.2, 0) is 10.0 Å². The van der Waals surface area contributed by atoms with E-state index >= 15 is 0 Å². The number of aromatic hydroxyl groups is 2. The lowest BCUT2D eigenvalue weighted by Crippen LogP contribution is -2.10. The highest BCUT2D eigenvalue weighted by molar-refractivity contribution is 7.92.